The number of carbonyl (C=O) groups is 11. The van der Waals surface area contributed by atoms with E-state index in [1.54, 1.807) is 24.3 Å². The topological polar surface area (TPSA) is 378 Å². The van der Waals surface area contributed by atoms with Crippen molar-refractivity contribution in [2.75, 3.05) is 102 Å². The molecule has 0 spiro atoms. The van der Waals surface area contributed by atoms with Gasteiger partial charge in [-0.1, -0.05) is 71.1 Å². The van der Waals surface area contributed by atoms with Crippen molar-refractivity contribution in [1.82, 2.24) is 42.4 Å². The average molecular weight is 1290 g/mol. The molecule has 0 aromatic heterocycles. The van der Waals surface area contributed by atoms with Gasteiger partial charge in [0.1, 0.15) is 31.9 Å². The van der Waals surface area contributed by atoms with Crippen molar-refractivity contribution in [3.8, 4) is 11.1 Å². The zero-order valence-corrected chi connectivity index (χ0v) is 48.3. The predicted octanol–water partition coefficient (Wildman–Crippen LogP) is 1.14. The number of imide groups is 1. The fourth-order valence-corrected chi connectivity index (χ4v) is 8.55. The molecule has 3 aromatic carbocycles. The second-order valence-corrected chi connectivity index (χ2v) is 19.5. The van der Waals surface area contributed by atoms with Crippen molar-refractivity contribution < 1.29 is 86.1 Å². The lowest BCUT2D eigenvalue weighted by molar-refractivity contribution is -0.171. The van der Waals surface area contributed by atoms with Gasteiger partial charge in [-0.25, -0.2) is 9.59 Å². The summed E-state index contributed by atoms with van der Waals surface area (Å²) < 4.78 is 27.1. The third kappa shape index (κ3) is 24.2. The molecule has 1 fully saturated rings. The smallest absolute Gasteiger partial charge is 0.432 e. The van der Waals surface area contributed by atoms with Crippen LogP contribution in [0.1, 0.15) is 78.8 Å². The number of nitrogens with two attached hydrogens (primary N) is 1. The van der Waals surface area contributed by atoms with Crippen molar-refractivity contribution in [2.45, 2.75) is 69.4 Å². The number of hydroxylamine groups is 3. The number of fused-ring (bicyclic) bond motifs is 3. The molecule has 0 radical (unpaired) electrons. The largest absolute Gasteiger partial charge is 0.447 e. The predicted molar refractivity (Wildman–Crippen MR) is 306 cm³/mol. The standard InChI is InChI=1S/C55H71IN10O18/c56-31-45(67)62-37-17-15-36(16-18-37)52(74)60-22-8-5-13-43(51(57)73)64-53(75)44(14-6-7-21-58-47(69)35-83-65-55(77)82-32-42-40-11-3-1-9-38(40)39-10-2-4-12-41(39)42)63-48(70)34-81-30-28-78-25-23-59-46(68)33-80-29-27-79-26-24-61-54(76)84-66-49(71)19-20-50(66)72/h1-4,9-12,15-18,42-44H,5-8,13-14,19-35H2,(H2,57,73)(H,58,69)(H,59,68)(H,60,74)(H,61,76)(H,62,67)(H,63,70)(H,64,75)(H,65,77)/t43-,44-/m0/s1. The second-order valence-electron chi connectivity index (χ2n) is 18.7. The molecule has 11 amide bonds. The Balaban J connectivity index is 0.960. The van der Waals surface area contributed by atoms with E-state index in [4.69, 9.17) is 34.3 Å². The molecule has 84 heavy (non-hydrogen) atoms. The summed E-state index contributed by atoms with van der Waals surface area (Å²) in [4.78, 5) is 145. The van der Waals surface area contributed by atoms with Crippen LogP contribution in [0.4, 0.5) is 15.3 Å². The van der Waals surface area contributed by atoms with E-state index in [2.05, 4.69) is 47.5 Å². The Morgan fingerprint density at radius 2 is 1.12 bits per heavy atom. The van der Waals surface area contributed by atoms with Crippen molar-refractivity contribution in [1.29, 1.82) is 0 Å². The van der Waals surface area contributed by atoms with Gasteiger partial charge in [-0.05, 0) is 85.0 Å². The third-order valence-electron chi connectivity index (χ3n) is 12.5. The number of nitrogens with zero attached hydrogens (tertiary/aromatic N) is 1. The number of alkyl halides is 1. The van der Waals surface area contributed by atoms with E-state index < -0.39 is 78.8 Å². The van der Waals surface area contributed by atoms with Crippen LogP contribution in [0.3, 0.4) is 0 Å². The molecule has 1 heterocycles. The zero-order valence-electron chi connectivity index (χ0n) is 46.2. The van der Waals surface area contributed by atoms with Gasteiger partial charge in [0.25, 0.3) is 17.7 Å². The number of benzene rings is 3. The molecule has 5 rings (SSSR count). The first-order valence-corrected chi connectivity index (χ1v) is 28.7. The van der Waals surface area contributed by atoms with E-state index in [1.165, 1.54) is 0 Å². The van der Waals surface area contributed by atoms with Crippen LogP contribution in [-0.4, -0.2) is 179 Å². The van der Waals surface area contributed by atoms with Crippen LogP contribution in [0.25, 0.3) is 11.1 Å². The van der Waals surface area contributed by atoms with Crippen molar-refractivity contribution in [3.63, 3.8) is 0 Å². The van der Waals surface area contributed by atoms with Gasteiger partial charge < -0.3 is 71.5 Å². The molecule has 456 valence electrons. The molecule has 28 nitrogen and oxygen atoms in total. The Bertz CT molecular complexity index is 2660. The van der Waals surface area contributed by atoms with Crippen LogP contribution >= 0.6 is 22.6 Å². The monoisotopic (exact) mass is 1290 g/mol. The summed E-state index contributed by atoms with van der Waals surface area (Å²) in [6.07, 6.45) is -0.195. The summed E-state index contributed by atoms with van der Waals surface area (Å²) >= 11 is 1.94. The number of halogens is 1. The molecule has 2 atom stereocenters. The number of carbonyl (C=O) groups excluding carboxylic acids is 11. The molecule has 1 aliphatic heterocycles. The normalized spacial score (nSPS) is 13.1. The minimum absolute atomic E-state index is 0.0184. The number of unbranched alkanes of at least 4 members (excludes halogenated alkanes) is 2. The van der Waals surface area contributed by atoms with E-state index in [1.807, 2.05) is 71.1 Å². The number of anilines is 1. The van der Waals surface area contributed by atoms with Crippen LogP contribution in [0.5, 0.6) is 0 Å². The molecule has 0 unspecified atom stereocenters. The number of hydrogen-bond donors (Lipinski definition) is 9. The number of ether oxygens (including phenoxy) is 5. The molecule has 1 aliphatic carbocycles. The van der Waals surface area contributed by atoms with Crippen LogP contribution in [0.2, 0.25) is 0 Å². The Morgan fingerprint density at radius 3 is 1.74 bits per heavy atom. The summed E-state index contributed by atoms with van der Waals surface area (Å²) in [5.41, 5.74) is 12.9. The summed E-state index contributed by atoms with van der Waals surface area (Å²) in [6, 6.07) is 19.9. The van der Waals surface area contributed by atoms with E-state index in [0.29, 0.717) is 42.0 Å². The number of hydrogen-bond acceptors (Lipinski definition) is 18. The highest BCUT2D eigenvalue weighted by atomic mass is 127. The van der Waals surface area contributed by atoms with Crippen LogP contribution in [0, 0.1) is 0 Å². The number of primary amides is 1. The lowest BCUT2D eigenvalue weighted by atomic mass is 9.98. The molecule has 10 N–H and O–H groups in total. The van der Waals surface area contributed by atoms with Crippen LogP contribution in [0.15, 0.2) is 72.8 Å². The first-order valence-electron chi connectivity index (χ1n) is 27.1. The van der Waals surface area contributed by atoms with Gasteiger partial charge in [0.05, 0.1) is 44.1 Å². The fraction of sp³-hybridized carbons (Fsp3) is 0.473. The van der Waals surface area contributed by atoms with E-state index in [-0.39, 0.29) is 127 Å². The molecule has 1 saturated heterocycles. The molecule has 0 saturated carbocycles. The summed E-state index contributed by atoms with van der Waals surface area (Å²) in [5.74, 6) is -4.99. The fourth-order valence-electron chi connectivity index (χ4n) is 8.36. The van der Waals surface area contributed by atoms with Gasteiger partial charge in [0.15, 0.2) is 6.61 Å². The first-order chi connectivity index (χ1) is 40.6. The molecule has 29 heteroatoms. The average Bonchev–Trinajstić information content (AvgIpc) is 2.48. The van der Waals surface area contributed by atoms with Crippen LogP contribution in [-0.2, 0) is 71.7 Å². The summed E-state index contributed by atoms with van der Waals surface area (Å²) in [5, 5.41) is 18.8. The molecule has 2 aliphatic rings. The lowest BCUT2D eigenvalue weighted by Gasteiger charge is -2.22. The van der Waals surface area contributed by atoms with Gasteiger partial charge in [-0.15, -0.1) is 5.06 Å². The van der Waals surface area contributed by atoms with Crippen molar-refractivity contribution in [3.05, 3.63) is 89.5 Å². The zero-order chi connectivity index (χ0) is 60.5. The maximum absolute atomic E-state index is 13.6. The van der Waals surface area contributed by atoms with Gasteiger partial charge in [-0.3, -0.25) is 48.0 Å². The van der Waals surface area contributed by atoms with Gasteiger partial charge >= 0.3 is 12.2 Å². The molecule has 3 aromatic rings. The van der Waals surface area contributed by atoms with E-state index >= 15 is 0 Å². The molecular weight excluding hydrogens is 1220 g/mol. The Labute approximate surface area is 497 Å². The lowest BCUT2D eigenvalue weighted by Crippen LogP contribution is -2.53. The van der Waals surface area contributed by atoms with E-state index in [0.717, 1.165) is 22.3 Å². The maximum atomic E-state index is 13.6. The number of amides is 11. The Morgan fingerprint density at radius 1 is 0.571 bits per heavy atom. The Hall–Kier alpha value is -7.84. The van der Waals surface area contributed by atoms with Crippen molar-refractivity contribution >= 4 is 93.6 Å². The molecule has 0 bridgehead atoms. The second kappa shape index (κ2) is 37.4. The highest BCUT2D eigenvalue weighted by Gasteiger charge is 2.33. The van der Waals surface area contributed by atoms with Crippen LogP contribution < -0.4 is 48.4 Å². The van der Waals surface area contributed by atoms with E-state index in [9.17, 15) is 52.7 Å². The van der Waals surface area contributed by atoms with Gasteiger partial charge in [-0.2, -0.15) is 5.48 Å². The summed E-state index contributed by atoms with van der Waals surface area (Å²) in [6.45, 7) is -0.188. The molecular formula is C55H71IN10O18. The SMILES string of the molecule is NC(=O)[C@H](CCCCNC(=O)c1ccc(NC(=O)CI)cc1)NC(=O)[C@H](CCCCNC(=O)CONC(=O)OCC1c2ccccc2-c2ccccc21)NC(=O)COCCOCCNC(=O)COCCOCCNC(=O)ON1C(=O)CCC1=O. The first kappa shape index (κ1) is 67.0. The highest BCUT2D eigenvalue weighted by molar-refractivity contribution is 14.1. The Kier molecular flexibility index (Phi) is 29.8. The number of nitrogens with one attached hydrogen (secondary N) is 8. The minimum Gasteiger partial charge on any atom is -0.447 e. The number of rotatable bonds is 39. The van der Waals surface area contributed by atoms with Gasteiger partial charge in [0, 0.05) is 56.2 Å². The summed E-state index contributed by atoms with van der Waals surface area (Å²) in [7, 11) is 0. The quantitative estimate of drug-likeness (QED) is 0.0127. The minimum atomic E-state index is -1.15. The highest BCUT2D eigenvalue weighted by Crippen LogP contribution is 2.44. The maximum Gasteiger partial charge on any atom is 0.432 e. The van der Waals surface area contributed by atoms with Gasteiger partial charge in [0.2, 0.25) is 35.4 Å². The van der Waals surface area contributed by atoms with Crippen molar-refractivity contribution in [2.24, 2.45) is 5.73 Å². The third-order valence-corrected chi connectivity index (χ3v) is 13.2.